The lowest BCUT2D eigenvalue weighted by Gasteiger charge is -2.21. The van der Waals surface area contributed by atoms with Crippen molar-refractivity contribution in [2.24, 2.45) is 0 Å². The number of nitrogens with zero attached hydrogens (tertiary/aromatic N) is 2. The summed E-state index contributed by atoms with van der Waals surface area (Å²) in [6, 6.07) is 20.7. The van der Waals surface area contributed by atoms with Crippen LogP contribution in [-0.4, -0.2) is 9.97 Å². The highest BCUT2D eigenvalue weighted by Crippen LogP contribution is 2.35. The number of aryl methyl sites for hydroxylation is 1. The van der Waals surface area contributed by atoms with Gasteiger partial charge in [0, 0.05) is 11.6 Å². The maximum Gasteiger partial charge on any atom is 0.227 e. The molecule has 4 heteroatoms. The summed E-state index contributed by atoms with van der Waals surface area (Å²) in [5.74, 6) is 1.29. The first kappa shape index (κ1) is 20.5. The summed E-state index contributed by atoms with van der Waals surface area (Å²) in [5, 5.41) is 0. The molecule has 0 fully saturated rings. The van der Waals surface area contributed by atoms with Gasteiger partial charge in [0.1, 0.15) is 11.0 Å². The van der Waals surface area contributed by atoms with Crippen molar-refractivity contribution in [3.63, 3.8) is 0 Å². The van der Waals surface area contributed by atoms with Gasteiger partial charge in [0.15, 0.2) is 11.2 Å². The van der Waals surface area contributed by atoms with Crippen LogP contribution in [0.25, 0.3) is 33.7 Å². The van der Waals surface area contributed by atoms with Crippen LogP contribution in [0.5, 0.6) is 0 Å². The largest absolute Gasteiger partial charge is 0.440 e. The van der Waals surface area contributed by atoms with E-state index in [1.54, 1.807) is 0 Å². The van der Waals surface area contributed by atoms with Crippen molar-refractivity contribution < 1.29 is 8.83 Å². The summed E-state index contributed by atoms with van der Waals surface area (Å²) in [6.45, 7) is 13.0. The van der Waals surface area contributed by atoms with Crippen LogP contribution in [0.4, 0.5) is 0 Å². The number of hydrogen-bond acceptors (Lipinski definition) is 4. The van der Waals surface area contributed by atoms with Crippen LogP contribution in [0.15, 0.2) is 69.5 Å². The van der Waals surface area contributed by atoms with Gasteiger partial charge in [-0.1, -0.05) is 62.7 Å². The molecule has 0 atom stereocenters. The molecule has 0 bridgehead atoms. The van der Waals surface area contributed by atoms with Gasteiger partial charge >= 0.3 is 0 Å². The third-order valence-corrected chi connectivity index (χ3v) is 6.20. The number of oxazole rings is 2. The van der Waals surface area contributed by atoms with E-state index >= 15 is 0 Å². The first-order valence-electron chi connectivity index (χ1n) is 11.0. The monoisotopic (exact) mass is 424 g/mol. The summed E-state index contributed by atoms with van der Waals surface area (Å²) in [7, 11) is 0. The van der Waals surface area contributed by atoms with Crippen LogP contribution >= 0.6 is 0 Å². The minimum absolute atomic E-state index is 0.111. The Labute approximate surface area is 188 Å². The molecule has 0 amide bonds. The Morgan fingerprint density at radius 1 is 0.656 bits per heavy atom. The normalized spacial score (nSPS) is 12.7. The van der Waals surface area contributed by atoms with Gasteiger partial charge in [0.05, 0.1) is 5.41 Å². The van der Waals surface area contributed by atoms with Gasteiger partial charge in [-0.15, -0.1) is 0 Å². The molecule has 2 heterocycles. The summed E-state index contributed by atoms with van der Waals surface area (Å²) < 4.78 is 12.3. The predicted octanol–water partition coefficient (Wildman–Crippen LogP) is 7.57. The summed E-state index contributed by atoms with van der Waals surface area (Å²) in [5.41, 5.74) is 7.37. The van der Waals surface area contributed by atoms with Crippen molar-refractivity contribution in [3.05, 3.63) is 83.2 Å². The molecule has 0 saturated carbocycles. The maximum atomic E-state index is 6.19. The Morgan fingerprint density at radius 2 is 1.25 bits per heavy atom. The van der Waals surface area contributed by atoms with Crippen LogP contribution in [-0.2, 0) is 10.8 Å². The lowest BCUT2D eigenvalue weighted by atomic mass is 9.84. The summed E-state index contributed by atoms with van der Waals surface area (Å²) in [6.07, 6.45) is 0. The highest BCUT2D eigenvalue weighted by Gasteiger charge is 2.29. The Hall–Kier alpha value is -3.40. The molecule has 0 radical (unpaired) electrons. The Kier molecular flexibility index (Phi) is 4.52. The van der Waals surface area contributed by atoms with Gasteiger partial charge in [0.25, 0.3) is 0 Å². The lowest BCUT2D eigenvalue weighted by Crippen LogP contribution is -2.19. The summed E-state index contributed by atoms with van der Waals surface area (Å²) >= 11 is 0. The Balaban J connectivity index is 1.52. The second-order valence-corrected chi connectivity index (χ2v) is 10.1. The molecule has 0 aliphatic carbocycles. The van der Waals surface area contributed by atoms with Crippen molar-refractivity contribution in [3.8, 4) is 11.5 Å². The molecule has 3 aromatic carbocycles. The molecule has 0 unspecified atom stereocenters. The average Bonchev–Trinajstić information content (AvgIpc) is 3.35. The van der Waals surface area contributed by atoms with Crippen molar-refractivity contribution in [1.29, 1.82) is 0 Å². The minimum Gasteiger partial charge on any atom is -0.440 e. The van der Waals surface area contributed by atoms with Gasteiger partial charge in [-0.3, -0.25) is 0 Å². The van der Waals surface area contributed by atoms with E-state index in [1.807, 2.05) is 12.1 Å². The first-order chi connectivity index (χ1) is 15.1. The van der Waals surface area contributed by atoms with E-state index in [2.05, 4.69) is 90.1 Å². The van der Waals surface area contributed by atoms with Crippen molar-refractivity contribution >= 4 is 22.2 Å². The molecule has 0 aliphatic heterocycles. The molecule has 2 aromatic heterocycles. The third-order valence-electron chi connectivity index (χ3n) is 6.20. The van der Waals surface area contributed by atoms with Gasteiger partial charge in [-0.2, -0.15) is 0 Å². The molecule has 4 nitrogen and oxygen atoms in total. The zero-order valence-electron chi connectivity index (χ0n) is 19.5. The summed E-state index contributed by atoms with van der Waals surface area (Å²) in [4.78, 5) is 9.52. The van der Waals surface area contributed by atoms with Crippen LogP contribution in [0, 0.1) is 6.92 Å². The predicted molar refractivity (Wildman–Crippen MR) is 129 cm³/mol. The zero-order chi connectivity index (χ0) is 22.7. The number of hydrogen-bond donors (Lipinski definition) is 0. The maximum absolute atomic E-state index is 6.19. The molecule has 162 valence electrons. The fourth-order valence-electron chi connectivity index (χ4n) is 3.95. The smallest absolute Gasteiger partial charge is 0.227 e. The van der Waals surface area contributed by atoms with E-state index in [9.17, 15) is 0 Å². The van der Waals surface area contributed by atoms with E-state index < -0.39 is 0 Å². The van der Waals surface area contributed by atoms with Gasteiger partial charge in [-0.05, 0) is 55.5 Å². The van der Waals surface area contributed by atoms with E-state index in [0.29, 0.717) is 22.9 Å². The molecule has 5 rings (SSSR count). The molecule has 0 saturated heterocycles. The lowest BCUT2D eigenvalue weighted by molar-refractivity contribution is 0.433. The zero-order valence-corrected chi connectivity index (χ0v) is 19.5. The van der Waals surface area contributed by atoms with E-state index in [0.717, 1.165) is 22.2 Å². The van der Waals surface area contributed by atoms with Gasteiger partial charge < -0.3 is 8.83 Å². The highest BCUT2D eigenvalue weighted by molar-refractivity contribution is 5.90. The fraction of sp³-hybridized carbons (Fsp3) is 0.286. The third kappa shape index (κ3) is 3.50. The van der Waals surface area contributed by atoms with Gasteiger partial charge in [0.2, 0.25) is 11.8 Å². The van der Waals surface area contributed by atoms with Crippen molar-refractivity contribution in [1.82, 2.24) is 9.97 Å². The SMILES string of the molecule is Cc1ccc(C(C)(C)c2nc3cc4nc(-c5ccc(C(C)(C)C)cc5)oc4cc3o2)cc1. The molecular formula is C28H28N2O2. The van der Waals surface area contributed by atoms with Crippen LogP contribution in [0.1, 0.15) is 57.2 Å². The second kappa shape index (κ2) is 7.06. The molecule has 5 aromatic rings. The second-order valence-electron chi connectivity index (χ2n) is 10.1. The highest BCUT2D eigenvalue weighted by atomic mass is 16.4. The van der Waals surface area contributed by atoms with E-state index in [1.165, 1.54) is 11.1 Å². The average molecular weight is 425 g/mol. The fourth-order valence-corrected chi connectivity index (χ4v) is 3.95. The standard InChI is InChI=1S/C28H28N2O2/c1-17-7-11-20(12-8-17)28(5,6)26-30-22-15-21-23(16-24(22)32-26)31-25(29-21)18-9-13-19(14-10-18)27(2,3)4/h7-16H,1-6H3. The quantitative estimate of drug-likeness (QED) is 0.300. The number of benzene rings is 3. The number of rotatable bonds is 3. The van der Waals surface area contributed by atoms with Crippen molar-refractivity contribution in [2.45, 2.75) is 52.4 Å². The first-order valence-corrected chi connectivity index (χ1v) is 11.0. The molecular weight excluding hydrogens is 396 g/mol. The molecule has 0 spiro atoms. The molecule has 0 N–H and O–H groups in total. The minimum atomic E-state index is -0.346. The van der Waals surface area contributed by atoms with E-state index in [4.69, 9.17) is 18.8 Å². The van der Waals surface area contributed by atoms with Crippen LogP contribution < -0.4 is 0 Å². The topological polar surface area (TPSA) is 52.1 Å². The van der Waals surface area contributed by atoms with Crippen molar-refractivity contribution in [2.75, 3.05) is 0 Å². The Morgan fingerprint density at radius 3 is 1.91 bits per heavy atom. The molecule has 0 aliphatic rings. The van der Waals surface area contributed by atoms with E-state index in [-0.39, 0.29) is 10.8 Å². The number of aromatic nitrogens is 2. The number of fused-ring (bicyclic) bond motifs is 2. The van der Waals surface area contributed by atoms with Crippen LogP contribution in [0.2, 0.25) is 0 Å². The Bertz CT molecular complexity index is 1360. The molecule has 32 heavy (non-hydrogen) atoms. The van der Waals surface area contributed by atoms with Crippen LogP contribution in [0.3, 0.4) is 0 Å². The van der Waals surface area contributed by atoms with Gasteiger partial charge in [-0.25, -0.2) is 9.97 Å².